The highest BCUT2D eigenvalue weighted by Crippen LogP contribution is 2.18. The maximum Gasteiger partial charge on any atom is 0.336 e. The molecule has 82 valence electrons. The van der Waals surface area contributed by atoms with Crippen molar-refractivity contribution in [1.82, 2.24) is 9.55 Å². The van der Waals surface area contributed by atoms with Gasteiger partial charge in [0.25, 0.3) is 0 Å². The van der Waals surface area contributed by atoms with Crippen LogP contribution in [-0.2, 0) is 0 Å². The number of imidazole rings is 1. The Morgan fingerprint density at radius 2 is 2.12 bits per heavy atom. The second-order valence-electron chi connectivity index (χ2n) is 3.68. The fraction of sp³-hybridized carbons (Fsp3) is 0.167. The summed E-state index contributed by atoms with van der Waals surface area (Å²) in [5, 5.41) is 9.02. The molecule has 0 aliphatic rings. The average Bonchev–Trinajstić information content (AvgIpc) is 2.64. The first kappa shape index (κ1) is 10.4. The summed E-state index contributed by atoms with van der Waals surface area (Å²) in [7, 11) is 0. The van der Waals surface area contributed by atoms with Gasteiger partial charge in [0.15, 0.2) is 0 Å². The van der Waals surface area contributed by atoms with Gasteiger partial charge in [-0.15, -0.1) is 0 Å². The number of carbonyl (C=O) groups is 1. The monoisotopic (exact) mass is 216 g/mol. The Hall–Kier alpha value is -2.10. The Morgan fingerprint density at radius 1 is 1.38 bits per heavy atom. The van der Waals surface area contributed by atoms with E-state index in [0.717, 1.165) is 16.9 Å². The summed E-state index contributed by atoms with van der Waals surface area (Å²) in [5.41, 5.74) is 2.82. The number of carboxylic acid groups (broad SMARTS) is 1. The zero-order valence-electron chi connectivity index (χ0n) is 9.14. The SMILES string of the molecule is Cc1cn(-c2cccc(C(=O)O)c2C)cn1. The van der Waals surface area contributed by atoms with Gasteiger partial charge in [-0.3, -0.25) is 0 Å². The van der Waals surface area contributed by atoms with Crippen LogP contribution < -0.4 is 0 Å². The van der Waals surface area contributed by atoms with Gasteiger partial charge in [-0.05, 0) is 31.5 Å². The van der Waals surface area contributed by atoms with Gasteiger partial charge in [-0.25, -0.2) is 9.78 Å². The summed E-state index contributed by atoms with van der Waals surface area (Å²) in [4.78, 5) is 15.1. The van der Waals surface area contributed by atoms with Crippen LogP contribution in [0.4, 0.5) is 0 Å². The molecule has 0 saturated carbocycles. The molecule has 1 aromatic carbocycles. The molecule has 1 aromatic heterocycles. The van der Waals surface area contributed by atoms with Gasteiger partial charge in [-0.2, -0.15) is 0 Å². The molecule has 2 aromatic rings. The van der Waals surface area contributed by atoms with Crippen LogP contribution in [-0.4, -0.2) is 20.6 Å². The summed E-state index contributed by atoms with van der Waals surface area (Å²) >= 11 is 0. The second kappa shape index (κ2) is 3.81. The highest BCUT2D eigenvalue weighted by Gasteiger charge is 2.10. The van der Waals surface area contributed by atoms with E-state index in [0.29, 0.717) is 5.56 Å². The maximum absolute atomic E-state index is 11.0. The predicted molar refractivity (Wildman–Crippen MR) is 60.0 cm³/mol. The van der Waals surface area contributed by atoms with E-state index >= 15 is 0 Å². The van der Waals surface area contributed by atoms with Crippen molar-refractivity contribution in [2.24, 2.45) is 0 Å². The summed E-state index contributed by atoms with van der Waals surface area (Å²) in [6.45, 7) is 3.70. The number of benzene rings is 1. The van der Waals surface area contributed by atoms with Gasteiger partial charge in [0.1, 0.15) is 0 Å². The minimum atomic E-state index is -0.906. The van der Waals surface area contributed by atoms with Crippen LogP contribution in [0.1, 0.15) is 21.6 Å². The minimum Gasteiger partial charge on any atom is -0.478 e. The van der Waals surface area contributed by atoms with Gasteiger partial charge < -0.3 is 9.67 Å². The first-order chi connectivity index (χ1) is 7.59. The number of aryl methyl sites for hydroxylation is 1. The predicted octanol–water partition coefficient (Wildman–Crippen LogP) is 2.19. The topological polar surface area (TPSA) is 55.1 Å². The van der Waals surface area contributed by atoms with Crippen LogP contribution in [0.15, 0.2) is 30.7 Å². The van der Waals surface area contributed by atoms with Crippen LogP contribution in [0, 0.1) is 13.8 Å². The van der Waals surface area contributed by atoms with Crippen LogP contribution in [0.5, 0.6) is 0 Å². The molecule has 0 amide bonds. The molecule has 4 heteroatoms. The standard InChI is InChI=1S/C12H12N2O2/c1-8-6-14(7-13-8)11-5-3-4-10(9(11)2)12(15)16/h3-7H,1-2H3,(H,15,16). The number of nitrogens with zero attached hydrogens (tertiary/aromatic N) is 2. The molecular weight excluding hydrogens is 204 g/mol. The van der Waals surface area contributed by atoms with E-state index < -0.39 is 5.97 Å². The number of aromatic nitrogens is 2. The number of rotatable bonds is 2. The van der Waals surface area contributed by atoms with Crippen molar-refractivity contribution in [3.05, 3.63) is 47.5 Å². The van der Waals surface area contributed by atoms with Crippen molar-refractivity contribution in [2.45, 2.75) is 13.8 Å². The molecule has 4 nitrogen and oxygen atoms in total. The molecule has 0 atom stereocenters. The molecule has 0 radical (unpaired) electrons. The van der Waals surface area contributed by atoms with E-state index in [1.165, 1.54) is 0 Å². The molecule has 16 heavy (non-hydrogen) atoms. The molecule has 1 heterocycles. The van der Waals surface area contributed by atoms with Gasteiger partial charge in [0, 0.05) is 6.20 Å². The van der Waals surface area contributed by atoms with Gasteiger partial charge in [0.05, 0.1) is 23.3 Å². The molecular formula is C12H12N2O2. The Kier molecular flexibility index (Phi) is 2.48. The molecule has 0 aliphatic heterocycles. The molecule has 2 rings (SSSR count). The largest absolute Gasteiger partial charge is 0.478 e. The summed E-state index contributed by atoms with van der Waals surface area (Å²) in [6.07, 6.45) is 3.55. The zero-order valence-corrected chi connectivity index (χ0v) is 9.14. The van der Waals surface area contributed by atoms with Gasteiger partial charge >= 0.3 is 5.97 Å². The third kappa shape index (κ3) is 1.69. The lowest BCUT2D eigenvalue weighted by molar-refractivity contribution is 0.0696. The van der Waals surface area contributed by atoms with E-state index in [4.69, 9.17) is 5.11 Å². The zero-order chi connectivity index (χ0) is 11.7. The van der Waals surface area contributed by atoms with E-state index in [2.05, 4.69) is 4.98 Å². The molecule has 1 N–H and O–H groups in total. The van der Waals surface area contributed by atoms with Crippen molar-refractivity contribution in [1.29, 1.82) is 0 Å². The molecule has 0 fully saturated rings. The lowest BCUT2D eigenvalue weighted by Crippen LogP contribution is -2.03. The molecule has 0 bridgehead atoms. The van der Waals surface area contributed by atoms with Crippen molar-refractivity contribution in [3.8, 4) is 5.69 Å². The molecule has 0 spiro atoms. The lowest BCUT2D eigenvalue weighted by Gasteiger charge is -2.08. The molecule has 0 unspecified atom stereocenters. The first-order valence-corrected chi connectivity index (χ1v) is 4.93. The quantitative estimate of drug-likeness (QED) is 0.837. The van der Waals surface area contributed by atoms with Gasteiger partial charge in [0.2, 0.25) is 0 Å². The summed E-state index contributed by atoms with van der Waals surface area (Å²) in [6, 6.07) is 5.22. The average molecular weight is 216 g/mol. The van der Waals surface area contributed by atoms with Crippen LogP contribution in [0.3, 0.4) is 0 Å². The number of aromatic carboxylic acids is 1. The normalized spacial score (nSPS) is 10.4. The van der Waals surface area contributed by atoms with E-state index in [9.17, 15) is 4.79 Å². The van der Waals surface area contributed by atoms with Crippen molar-refractivity contribution in [2.75, 3.05) is 0 Å². The fourth-order valence-corrected chi connectivity index (χ4v) is 1.69. The first-order valence-electron chi connectivity index (χ1n) is 4.93. The third-order valence-electron chi connectivity index (χ3n) is 2.53. The van der Waals surface area contributed by atoms with Crippen molar-refractivity contribution in [3.63, 3.8) is 0 Å². The van der Waals surface area contributed by atoms with E-state index in [-0.39, 0.29) is 0 Å². The number of hydrogen-bond donors (Lipinski definition) is 1. The van der Waals surface area contributed by atoms with Crippen LogP contribution in [0.25, 0.3) is 5.69 Å². The van der Waals surface area contributed by atoms with E-state index in [1.807, 2.05) is 23.8 Å². The molecule has 0 saturated heterocycles. The maximum atomic E-state index is 11.0. The Balaban J connectivity index is 2.58. The highest BCUT2D eigenvalue weighted by molar-refractivity contribution is 5.90. The smallest absolute Gasteiger partial charge is 0.336 e. The lowest BCUT2D eigenvalue weighted by atomic mass is 10.1. The number of hydrogen-bond acceptors (Lipinski definition) is 2. The van der Waals surface area contributed by atoms with Crippen LogP contribution >= 0.6 is 0 Å². The summed E-state index contributed by atoms with van der Waals surface area (Å²) < 4.78 is 1.83. The van der Waals surface area contributed by atoms with Gasteiger partial charge in [-0.1, -0.05) is 6.07 Å². The van der Waals surface area contributed by atoms with Crippen LogP contribution in [0.2, 0.25) is 0 Å². The highest BCUT2D eigenvalue weighted by atomic mass is 16.4. The third-order valence-corrected chi connectivity index (χ3v) is 2.53. The fourth-order valence-electron chi connectivity index (χ4n) is 1.69. The number of carboxylic acids is 1. The summed E-state index contributed by atoms with van der Waals surface area (Å²) in [5.74, 6) is -0.906. The van der Waals surface area contributed by atoms with Crippen molar-refractivity contribution < 1.29 is 9.90 Å². The minimum absolute atomic E-state index is 0.323. The second-order valence-corrected chi connectivity index (χ2v) is 3.68. The van der Waals surface area contributed by atoms with E-state index in [1.54, 1.807) is 25.4 Å². The Bertz CT molecular complexity index is 544. The Morgan fingerprint density at radius 3 is 2.69 bits per heavy atom. The molecule has 0 aliphatic carbocycles. The van der Waals surface area contributed by atoms with Crippen molar-refractivity contribution >= 4 is 5.97 Å². The Labute approximate surface area is 93.2 Å².